The molecule has 3 heteroatoms. The molecule has 1 heterocycles. The van der Waals surface area contributed by atoms with Crippen LogP contribution in [0.2, 0.25) is 0 Å². The first-order valence-electron chi connectivity index (χ1n) is 10.5. The molecule has 28 heavy (non-hydrogen) atoms. The number of aliphatic hydroxyl groups is 2. The Morgan fingerprint density at radius 2 is 1.89 bits per heavy atom. The van der Waals surface area contributed by atoms with E-state index in [-0.39, 0.29) is 17.9 Å². The number of unbranched alkanes of at least 4 members (excludes halogenated alkanes) is 1. The first-order chi connectivity index (χ1) is 13.2. The molecule has 0 spiro atoms. The van der Waals surface area contributed by atoms with Crippen LogP contribution >= 0.6 is 0 Å². The van der Waals surface area contributed by atoms with E-state index in [9.17, 15) is 10.2 Å². The first-order valence-corrected chi connectivity index (χ1v) is 10.5. The maximum absolute atomic E-state index is 10.3. The Bertz CT molecular complexity index is 583. The van der Waals surface area contributed by atoms with Crippen molar-refractivity contribution in [3.8, 4) is 0 Å². The number of rotatable bonds is 10. The van der Waals surface area contributed by atoms with Crippen LogP contribution in [-0.4, -0.2) is 28.2 Å². The molecular weight excluding hydrogens is 348 g/mol. The van der Waals surface area contributed by atoms with Gasteiger partial charge in [0.05, 0.1) is 12.2 Å². The van der Waals surface area contributed by atoms with Gasteiger partial charge in [-0.05, 0) is 45.4 Å². The van der Waals surface area contributed by atoms with Crippen LogP contribution in [0, 0.1) is 17.8 Å². The third-order valence-electron chi connectivity index (χ3n) is 5.63. The van der Waals surface area contributed by atoms with E-state index in [1.807, 2.05) is 32.1 Å². The molecule has 0 radical (unpaired) electrons. The lowest BCUT2D eigenvalue weighted by atomic mass is 9.80. The summed E-state index contributed by atoms with van der Waals surface area (Å²) < 4.78 is 5.81. The fourth-order valence-electron chi connectivity index (χ4n) is 3.51. The molecule has 2 N–H and O–H groups in total. The molecule has 1 fully saturated rings. The zero-order valence-corrected chi connectivity index (χ0v) is 18.3. The van der Waals surface area contributed by atoms with E-state index in [1.54, 1.807) is 6.92 Å². The quantitative estimate of drug-likeness (QED) is 0.286. The Morgan fingerprint density at radius 3 is 2.57 bits per heavy atom. The van der Waals surface area contributed by atoms with Gasteiger partial charge in [0.25, 0.3) is 0 Å². The molecule has 0 aromatic heterocycles. The second-order valence-electron chi connectivity index (χ2n) is 8.39. The van der Waals surface area contributed by atoms with Crippen LogP contribution in [-0.2, 0) is 4.74 Å². The summed E-state index contributed by atoms with van der Waals surface area (Å²) in [4.78, 5) is 0. The molecule has 0 unspecified atom stereocenters. The highest BCUT2D eigenvalue weighted by Gasteiger charge is 2.46. The van der Waals surface area contributed by atoms with Crippen molar-refractivity contribution in [3.05, 3.63) is 60.8 Å². The predicted octanol–water partition coefficient (Wildman–Crippen LogP) is 5.72. The molecule has 3 nitrogen and oxygen atoms in total. The van der Waals surface area contributed by atoms with Crippen LogP contribution in [0.25, 0.3) is 0 Å². The third kappa shape index (κ3) is 8.30. The average molecular weight is 389 g/mol. The van der Waals surface area contributed by atoms with Crippen molar-refractivity contribution < 1.29 is 14.9 Å². The van der Waals surface area contributed by atoms with Crippen LogP contribution < -0.4 is 0 Å². The Kier molecular flexibility index (Phi) is 10.7. The minimum Gasteiger partial charge on any atom is -0.392 e. The van der Waals surface area contributed by atoms with Crippen molar-refractivity contribution >= 4 is 0 Å². The van der Waals surface area contributed by atoms with Gasteiger partial charge < -0.3 is 14.9 Å². The van der Waals surface area contributed by atoms with Gasteiger partial charge in [-0.1, -0.05) is 75.0 Å². The summed E-state index contributed by atoms with van der Waals surface area (Å²) in [6.07, 6.45) is 19.8. The van der Waals surface area contributed by atoms with E-state index in [4.69, 9.17) is 4.74 Å². The van der Waals surface area contributed by atoms with Gasteiger partial charge in [0, 0.05) is 11.8 Å². The van der Waals surface area contributed by atoms with Crippen molar-refractivity contribution in [1.29, 1.82) is 0 Å². The predicted molar refractivity (Wildman–Crippen MR) is 119 cm³/mol. The molecule has 0 amide bonds. The maximum atomic E-state index is 10.3. The smallest absolute Gasteiger partial charge is 0.168 e. The van der Waals surface area contributed by atoms with E-state index < -0.39 is 11.9 Å². The lowest BCUT2D eigenvalue weighted by Crippen LogP contribution is -2.55. The zero-order valence-electron chi connectivity index (χ0n) is 18.3. The van der Waals surface area contributed by atoms with Gasteiger partial charge in [0.2, 0.25) is 0 Å². The van der Waals surface area contributed by atoms with Crippen LogP contribution in [0.1, 0.15) is 60.3 Å². The fraction of sp³-hybridized carbons (Fsp3) is 0.600. The minimum atomic E-state index is -1.28. The van der Waals surface area contributed by atoms with Crippen molar-refractivity contribution in [2.45, 2.75) is 78.3 Å². The van der Waals surface area contributed by atoms with Gasteiger partial charge >= 0.3 is 0 Å². The van der Waals surface area contributed by atoms with E-state index in [0.29, 0.717) is 12.3 Å². The van der Waals surface area contributed by atoms with Gasteiger partial charge in [0.15, 0.2) is 5.79 Å². The Labute approximate surface area is 172 Å². The van der Waals surface area contributed by atoms with E-state index in [2.05, 4.69) is 50.8 Å². The summed E-state index contributed by atoms with van der Waals surface area (Å²) in [5, 5.41) is 20.7. The van der Waals surface area contributed by atoms with Gasteiger partial charge in [-0.2, -0.15) is 0 Å². The fourth-order valence-corrected chi connectivity index (χ4v) is 3.51. The molecule has 0 aliphatic carbocycles. The number of hydrogen-bond donors (Lipinski definition) is 2. The van der Waals surface area contributed by atoms with Crippen molar-refractivity contribution in [3.63, 3.8) is 0 Å². The SMILES string of the molecule is C=CCC/C=C/C=C(\C)C[C@H](C)/C=C/C=C/C[C@H]1O[C@](C)(O)[C@H](C)[C@@H](O)[C@H]1C. The minimum absolute atomic E-state index is 0.00454. The average Bonchev–Trinajstić information content (AvgIpc) is 2.63. The normalized spacial score (nSPS) is 33.2. The number of hydrogen-bond acceptors (Lipinski definition) is 3. The number of aliphatic hydroxyl groups excluding tert-OH is 1. The highest BCUT2D eigenvalue weighted by molar-refractivity contribution is 5.13. The molecule has 0 saturated carbocycles. The molecule has 158 valence electrons. The molecule has 1 aliphatic heterocycles. The van der Waals surface area contributed by atoms with Gasteiger partial charge in [-0.3, -0.25) is 0 Å². The topological polar surface area (TPSA) is 49.7 Å². The largest absolute Gasteiger partial charge is 0.392 e. The number of allylic oxidation sites excluding steroid dienone is 8. The number of ether oxygens (including phenoxy) is 1. The summed E-state index contributed by atoms with van der Waals surface area (Å²) in [6, 6.07) is 0. The summed E-state index contributed by atoms with van der Waals surface area (Å²) in [7, 11) is 0. The highest BCUT2D eigenvalue weighted by atomic mass is 16.6. The molecule has 1 rings (SSSR count). The van der Waals surface area contributed by atoms with E-state index >= 15 is 0 Å². The molecule has 0 aromatic carbocycles. The van der Waals surface area contributed by atoms with E-state index in [0.717, 1.165) is 19.3 Å². The Hall–Kier alpha value is -1.42. The molecule has 1 aliphatic rings. The monoisotopic (exact) mass is 388 g/mol. The summed E-state index contributed by atoms with van der Waals surface area (Å²) in [6.45, 7) is 13.5. The van der Waals surface area contributed by atoms with Crippen LogP contribution in [0.3, 0.4) is 0 Å². The van der Waals surface area contributed by atoms with Crippen molar-refractivity contribution in [2.24, 2.45) is 17.8 Å². The Morgan fingerprint density at radius 1 is 1.18 bits per heavy atom. The maximum Gasteiger partial charge on any atom is 0.168 e. The van der Waals surface area contributed by atoms with Gasteiger partial charge in [-0.15, -0.1) is 6.58 Å². The van der Waals surface area contributed by atoms with Crippen molar-refractivity contribution in [2.75, 3.05) is 0 Å². The molecule has 0 aromatic rings. The summed E-state index contributed by atoms with van der Waals surface area (Å²) >= 11 is 0. The second-order valence-corrected chi connectivity index (χ2v) is 8.39. The third-order valence-corrected chi connectivity index (χ3v) is 5.63. The highest BCUT2D eigenvalue weighted by Crippen LogP contribution is 2.36. The lowest BCUT2D eigenvalue weighted by Gasteiger charge is -2.46. The molecular formula is C25H40O3. The van der Waals surface area contributed by atoms with Crippen LogP contribution in [0.4, 0.5) is 0 Å². The summed E-state index contributed by atoms with van der Waals surface area (Å²) in [5.41, 5.74) is 1.37. The van der Waals surface area contributed by atoms with E-state index in [1.165, 1.54) is 5.57 Å². The zero-order chi connectivity index (χ0) is 21.2. The molecule has 6 atom stereocenters. The van der Waals surface area contributed by atoms with Crippen LogP contribution in [0.5, 0.6) is 0 Å². The molecule has 0 bridgehead atoms. The van der Waals surface area contributed by atoms with Crippen molar-refractivity contribution in [1.82, 2.24) is 0 Å². The van der Waals surface area contributed by atoms with Gasteiger partial charge in [0.1, 0.15) is 0 Å². The summed E-state index contributed by atoms with van der Waals surface area (Å²) in [5.74, 6) is -1.11. The van der Waals surface area contributed by atoms with Gasteiger partial charge in [-0.25, -0.2) is 0 Å². The molecule has 1 saturated heterocycles. The van der Waals surface area contributed by atoms with Crippen LogP contribution in [0.15, 0.2) is 60.8 Å². The second kappa shape index (κ2) is 12.2. The first kappa shape index (κ1) is 24.6. The standard InChI is InChI=1S/C25H40O3/c1-7-8-9-10-12-15-19(2)18-20(3)16-13-11-14-17-23-21(4)24(26)22(5)25(6,27)28-23/h7,10-16,20-24,26-27H,1,8-9,17-18H2,2-6H3/b12-10+,14-11+,16-13+,19-15+/t20-,21+,22-,23-,24+,25+/m1/s1. The lowest BCUT2D eigenvalue weighted by molar-refractivity contribution is -0.306. The Balaban J connectivity index is 2.43.